The summed E-state index contributed by atoms with van der Waals surface area (Å²) in [6, 6.07) is 0.0715. The molecule has 0 spiro atoms. The summed E-state index contributed by atoms with van der Waals surface area (Å²) in [5.74, 6) is -0.250. The van der Waals surface area contributed by atoms with Crippen LogP contribution in [-0.2, 0) is 19.4 Å². The normalized spacial score (nSPS) is 30.3. The Labute approximate surface area is 133 Å². The second kappa shape index (κ2) is 6.84. The lowest BCUT2D eigenvalue weighted by Gasteiger charge is -2.44. The number of rotatable bonds is 3. The number of sulfone groups is 1. The zero-order valence-corrected chi connectivity index (χ0v) is 14.8. The number of likely N-dealkylation sites (N-methyl/N-ethyl adjacent to an activating group) is 1. The summed E-state index contributed by atoms with van der Waals surface area (Å²) < 4.78 is 30.7. The number of hydrogen-bond donors (Lipinski definition) is 0. The van der Waals surface area contributed by atoms with Crippen molar-refractivity contribution in [2.45, 2.75) is 56.2 Å². The fraction of sp³-hybridized carbons (Fsp3) is 0.933. The van der Waals surface area contributed by atoms with Crippen LogP contribution in [-0.4, -0.2) is 80.1 Å². The molecule has 128 valence electrons. The maximum atomic E-state index is 12.8. The van der Waals surface area contributed by atoms with E-state index in [2.05, 4.69) is 4.90 Å². The van der Waals surface area contributed by atoms with Crippen molar-refractivity contribution in [3.63, 3.8) is 0 Å². The third-order valence-corrected chi connectivity index (χ3v) is 7.42. The Morgan fingerprint density at radius 2 is 1.64 bits per heavy atom. The first-order chi connectivity index (χ1) is 10.2. The van der Waals surface area contributed by atoms with Crippen LogP contribution in [0.1, 0.15) is 33.6 Å². The first-order valence-corrected chi connectivity index (χ1v) is 9.67. The maximum absolute atomic E-state index is 12.8. The van der Waals surface area contributed by atoms with Gasteiger partial charge in [-0.05, 0) is 40.7 Å². The van der Waals surface area contributed by atoms with Crippen LogP contribution in [0.4, 0.5) is 0 Å². The number of carbonyl (C=O) groups is 1. The Morgan fingerprint density at radius 1 is 1.14 bits per heavy atom. The molecule has 22 heavy (non-hydrogen) atoms. The van der Waals surface area contributed by atoms with Crippen LogP contribution >= 0.6 is 0 Å². The lowest BCUT2D eigenvalue weighted by atomic mass is 10.1. The molecule has 1 amide bonds. The molecule has 2 rings (SSSR count). The lowest BCUT2D eigenvalue weighted by molar-refractivity contribution is -0.137. The zero-order valence-electron chi connectivity index (χ0n) is 14.0. The minimum absolute atomic E-state index is 0.0357. The Kier molecular flexibility index (Phi) is 5.50. The van der Waals surface area contributed by atoms with Gasteiger partial charge in [0.05, 0.1) is 5.25 Å². The van der Waals surface area contributed by atoms with E-state index in [-0.39, 0.29) is 18.0 Å². The second-order valence-corrected chi connectivity index (χ2v) is 9.26. The summed E-state index contributed by atoms with van der Waals surface area (Å²) >= 11 is 0. The summed E-state index contributed by atoms with van der Waals surface area (Å²) in [5, 5.41) is -1.41. The molecule has 3 unspecified atom stereocenters. The zero-order chi connectivity index (χ0) is 16.5. The molecule has 7 heteroatoms. The Morgan fingerprint density at radius 3 is 2.14 bits per heavy atom. The Balaban J connectivity index is 2.13. The van der Waals surface area contributed by atoms with Crippen LogP contribution in [0.15, 0.2) is 0 Å². The van der Waals surface area contributed by atoms with Gasteiger partial charge in [-0.2, -0.15) is 0 Å². The molecule has 0 radical (unpaired) electrons. The fourth-order valence-corrected chi connectivity index (χ4v) is 5.49. The molecular weight excluding hydrogens is 304 g/mol. The maximum Gasteiger partial charge on any atom is 0.241 e. The standard InChI is InChI=1S/C15H28N2O4S/c1-11-9-16(4)10-12(2)17(11)15(18)13(3)22(19,20)14-5-7-21-8-6-14/h11-14H,5-10H2,1-4H3. The van der Waals surface area contributed by atoms with Gasteiger partial charge in [0, 0.05) is 38.4 Å². The van der Waals surface area contributed by atoms with Crippen molar-refractivity contribution in [3.8, 4) is 0 Å². The minimum atomic E-state index is -3.46. The Bertz CT molecular complexity index is 490. The quantitative estimate of drug-likeness (QED) is 0.754. The van der Waals surface area contributed by atoms with E-state index in [0.29, 0.717) is 26.1 Å². The molecule has 2 aliphatic rings. The topological polar surface area (TPSA) is 66.9 Å². The summed E-state index contributed by atoms with van der Waals surface area (Å²) in [6.07, 6.45) is 0.988. The fourth-order valence-electron chi connectivity index (χ4n) is 3.67. The highest BCUT2D eigenvalue weighted by Gasteiger charge is 2.41. The van der Waals surface area contributed by atoms with Gasteiger partial charge in [-0.25, -0.2) is 8.42 Å². The average Bonchev–Trinajstić information content (AvgIpc) is 2.46. The van der Waals surface area contributed by atoms with E-state index < -0.39 is 20.3 Å². The van der Waals surface area contributed by atoms with Gasteiger partial charge in [-0.3, -0.25) is 4.79 Å². The summed E-state index contributed by atoms with van der Waals surface area (Å²) in [6.45, 7) is 8.00. The third-order valence-electron chi connectivity index (χ3n) is 4.83. The smallest absolute Gasteiger partial charge is 0.241 e. The summed E-state index contributed by atoms with van der Waals surface area (Å²) in [5.41, 5.74) is 0. The first kappa shape index (κ1) is 17.7. The van der Waals surface area contributed by atoms with Crippen molar-refractivity contribution in [1.82, 2.24) is 9.80 Å². The number of amides is 1. The summed E-state index contributed by atoms with van der Waals surface area (Å²) in [7, 11) is -1.43. The van der Waals surface area contributed by atoms with Crippen LogP contribution in [0.2, 0.25) is 0 Å². The van der Waals surface area contributed by atoms with E-state index in [1.54, 1.807) is 11.8 Å². The van der Waals surface area contributed by atoms with Crippen molar-refractivity contribution >= 4 is 15.7 Å². The van der Waals surface area contributed by atoms with Gasteiger partial charge in [0.2, 0.25) is 5.91 Å². The van der Waals surface area contributed by atoms with Crippen molar-refractivity contribution in [3.05, 3.63) is 0 Å². The molecule has 0 aromatic carbocycles. The largest absolute Gasteiger partial charge is 0.381 e. The van der Waals surface area contributed by atoms with Crippen molar-refractivity contribution in [1.29, 1.82) is 0 Å². The van der Waals surface area contributed by atoms with E-state index in [1.807, 2.05) is 20.9 Å². The van der Waals surface area contributed by atoms with E-state index in [9.17, 15) is 13.2 Å². The van der Waals surface area contributed by atoms with Gasteiger partial charge in [-0.1, -0.05) is 0 Å². The molecule has 0 aliphatic carbocycles. The van der Waals surface area contributed by atoms with E-state index in [1.165, 1.54) is 0 Å². The second-order valence-electron chi connectivity index (χ2n) is 6.71. The van der Waals surface area contributed by atoms with Gasteiger partial charge in [0.15, 0.2) is 9.84 Å². The van der Waals surface area contributed by atoms with E-state index in [4.69, 9.17) is 4.74 Å². The van der Waals surface area contributed by atoms with E-state index >= 15 is 0 Å². The molecule has 2 fully saturated rings. The molecule has 0 N–H and O–H groups in total. The van der Waals surface area contributed by atoms with Gasteiger partial charge >= 0.3 is 0 Å². The van der Waals surface area contributed by atoms with Crippen molar-refractivity contribution < 1.29 is 17.9 Å². The van der Waals surface area contributed by atoms with Gasteiger partial charge < -0.3 is 14.5 Å². The van der Waals surface area contributed by atoms with Crippen LogP contribution in [0, 0.1) is 0 Å². The molecule has 0 aromatic rings. The van der Waals surface area contributed by atoms with Gasteiger partial charge in [-0.15, -0.1) is 0 Å². The molecule has 3 atom stereocenters. The van der Waals surface area contributed by atoms with Crippen LogP contribution in [0.25, 0.3) is 0 Å². The highest BCUT2D eigenvalue weighted by molar-refractivity contribution is 7.93. The summed E-state index contributed by atoms with van der Waals surface area (Å²) in [4.78, 5) is 16.8. The molecule has 2 saturated heterocycles. The lowest BCUT2D eigenvalue weighted by Crippen LogP contribution is -2.60. The molecule has 0 bridgehead atoms. The molecule has 0 aromatic heterocycles. The van der Waals surface area contributed by atoms with Crippen LogP contribution in [0.3, 0.4) is 0 Å². The highest BCUT2D eigenvalue weighted by Crippen LogP contribution is 2.24. The number of carbonyl (C=O) groups excluding carboxylic acids is 1. The molecule has 6 nitrogen and oxygen atoms in total. The predicted molar refractivity (Wildman–Crippen MR) is 85.5 cm³/mol. The van der Waals surface area contributed by atoms with Gasteiger partial charge in [0.1, 0.15) is 5.25 Å². The van der Waals surface area contributed by atoms with Crippen molar-refractivity contribution in [2.75, 3.05) is 33.4 Å². The molecule has 0 saturated carbocycles. The first-order valence-electron chi connectivity index (χ1n) is 8.06. The number of nitrogens with zero attached hydrogens (tertiary/aromatic N) is 2. The monoisotopic (exact) mass is 332 g/mol. The Hall–Kier alpha value is -0.660. The van der Waals surface area contributed by atoms with Crippen LogP contribution in [0.5, 0.6) is 0 Å². The average molecular weight is 332 g/mol. The molecule has 2 aliphatic heterocycles. The molecular formula is C15H28N2O4S. The predicted octanol–water partition coefficient (Wildman–Crippen LogP) is 0.520. The minimum Gasteiger partial charge on any atom is -0.381 e. The number of hydrogen-bond acceptors (Lipinski definition) is 5. The SMILES string of the molecule is CC1CN(C)CC(C)N1C(=O)C(C)S(=O)(=O)C1CCOCC1. The van der Waals surface area contributed by atoms with Gasteiger partial charge in [0.25, 0.3) is 0 Å². The van der Waals surface area contributed by atoms with Crippen molar-refractivity contribution in [2.24, 2.45) is 0 Å². The third kappa shape index (κ3) is 3.46. The number of piperazine rings is 1. The van der Waals surface area contributed by atoms with Crippen LogP contribution < -0.4 is 0 Å². The molecule has 2 heterocycles. The van der Waals surface area contributed by atoms with E-state index in [0.717, 1.165) is 13.1 Å². The highest BCUT2D eigenvalue weighted by atomic mass is 32.2. The number of ether oxygens (including phenoxy) is 1.